The van der Waals surface area contributed by atoms with Gasteiger partial charge in [-0.25, -0.2) is 4.98 Å². The maximum Gasteiger partial charge on any atom is 0.142 e. The average molecular weight is 243 g/mol. The summed E-state index contributed by atoms with van der Waals surface area (Å²) in [6.07, 6.45) is 3.35. The molecule has 0 aliphatic carbocycles. The maximum absolute atomic E-state index is 5.62. The Hall–Kier alpha value is -1.94. The number of nitrogens with zero attached hydrogens (tertiary/aromatic N) is 2. The van der Waals surface area contributed by atoms with E-state index in [1.807, 2.05) is 38.1 Å². The molecule has 0 saturated carbocycles. The first-order valence-corrected chi connectivity index (χ1v) is 6.00. The van der Waals surface area contributed by atoms with Crippen molar-refractivity contribution in [2.45, 2.75) is 20.0 Å². The third-order valence-electron chi connectivity index (χ3n) is 2.75. The van der Waals surface area contributed by atoms with Crippen LogP contribution in [0.25, 0.3) is 11.3 Å². The minimum atomic E-state index is 0.107. The van der Waals surface area contributed by atoms with Gasteiger partial charge in [-0.05, 0) is 19.4 Å². The first-order chi connectivity index (χ1) is 8.70. The normalized spacial score (nSPS) is 12.3. The second-order valence-corrected chi connectivity index (χ2v) is 4.05. The second-order valence-electron chi connectivity index (χ2n) is 4.05. The molecule has 1 aromatic heterocycles. The standard InChI is InChI=1S/C14H17N3O/c1-3-18-10(2)11-4-6-12(7-5-11)13-8-16-9-14(15)17-13/h4-10H,3H2,1-2H3,(H2,15,17). The highest BCUT2D eigenvalue weighted by molar-refractivity contribution is 5.59. The molecule has 2 N–H and O–H groups in total. The van der Waals surface area contributed by atoms with Crippen LogP contribution in [-0.4, -0.2) is 16.6 Å². The monoisotopic (exact) mass is 243 g/mol. The highest BCUT2D eigenvalue weighted by atomic mass is 16.5. The topological polar surface area (TPSA) is 61.0 Å². The van der Waals surface area contributed by atoms with Gasteiger partial charge in [-0.15, -0.1) is 0 Å². The van der Waals surface area contributed by atoms with Crippen molar-refractivity contribution >= 4 is 5.82 Å². The Balaban J connectivity index is 2.22. The van der Waals surface area contributed by atoms with Crippen LogP contribution in [0.2, 0.25) is 0 Å². The van der Waals surface area contributed by atoms with Gasteiger partial charge in [0.15, 0.2) is 0 Å². The van der Waals surface area contributed by atoms with Crippen LogP contribution in [0, 0.1) is 0 Å². The van der Waals surface area contributed by atoms with Gasteiger partial charge in [-0.2, -0.15) is 0 Å². The summed E-state index contributed by atoms with van der Waals surface area (Å²) < 4.78 is 5.54. The number of rotatable bonds is 4. The van der Waals surface area contributed by atoms with Gasteiger partial charge in [0, 0.05) is 12.2 Å². The van der Waals surface area contributed by atoms with E-state index in [-0.39, 0.29) is 6.10 Å². The molecular formula is C14H17N3O. The van der Waals surface area contributed by atoms with Gasteiger partial charge in [0.25, 0.3) is 0 Å². The van der Waals surface area contributed by atoms with E-state index in [0.29, 0.717) is 12.4 Å². The SMILES string of the molecule is CCOC(C)c1ccc(-c2cncc(N)n2)cc1. The van der Waals surface area contributed by atoms with Gasteiger partial charge < -0.3 is 10.5 Å². The number of benzene rings is 1. The molecule has 4 nitrogen and oxygen atoms in total. The molecule has 0 amide bonds. The summed E-state index contributed by atoms with van der Waals surface area (Å²) in [4.78, 5) is 8.27. The first-order valence-electron chi connectivity index (χ1n) is 6.00. The van der Waals surface area contributed by atoms with Crippen LogP contribution in [0.5, 0.6) is 0 Å². The van der Waals surface area contributed by atoms with E-state index in [1.54, 1.807) is 6.20 Å². The number of ether oxygens (including phenoxy) is 1. The summed E-state index contributed by atoms with van der Waals surface area (Å²) in [5.74, 6) is 0.430. The molecule has 18 heavy (non-hydrogen) atoms. The maximum atomic E-state index is 5.62. The van der Waals surface area contributed by atoms with E-state index >= 15 is 0 Å². The Morgan fingerprint density at radius 1 is 1.22 bits per heavy atom. The Labute approximate surface area is 107 Å². The molecule has 1 heterocycles. The van der Waals surface area contributed by atoms with Crippen molar-refractivity contribution in [2.75, 3.05) is 12.3 Å². The van der Waals surface area contributed by atoms with Crippen molar-refractivity contribution in [3.63, 3.8) is 0 Å². The number of aromatic nitrogens is 2. The molecule has 1 unspecified atom stereocenters. The van der Waals surface area contributed by atoms with Crippen LogP contribution in [0.4, 0.5) is 5.82 Å². The highest BCUT2D eigenvalue weighted by Gasteiger charge is 2.06. The van der Waals surface area contributed by atoms with E-state index in [0.717, 1.165) is 16.8 Å². The second kappa shape index (κ2) is 5.60. The molecule has 0 fully saturated rings. The Bertz CT molecular complexity index is 511. The zero-order chi connectivity index (χ0) is 13.0. The molecule has 1 aromatic carbocycles. The lowest BCUT2D eigenvalue weighted by Gasteiger charge is -2.12. The molecule has 2 rings (SSSR count). The molecule has 4 heteroatoms. The number of anilines is 1. The highest BCUT2D eigenvalue weighted by Crippen LogP contribution is 2.22. The van der Waals surface area contributed by atoms with Crippen molar-refractivity contribution < 1.29 is 4.74 Å². The molecule has 0 saturated heterocycles. The van der Waals surface area contributed by atoms with Crippen LogP contribution < -0.4 is 5.73 Å². The molecule has 94 valence electrons. The predicted molar refractivity (Wildman–Crippen MR) is 71.9 cm³/mol. The van der Waals surface area contributed by atoms with E-state index in [9.17, 15) is 0 Å². The van der Waals surface area contributed by atoms with Gasteiger partial charge >= 0.3 is 0 Å². The zero-order valence-corrected chi connectivity index (χ0v) is 10.6. The number of nitrogen functional groups attached to an aromatic ring is 1. The summed E-state index contributed by atoms with van der Waals surface area (Å²) >= 11 is 0. The summed E-state index contributed by atoms with van der Waals surface area (Å²) in [5.41, 5.74) is 8.56. The fraction of sp³-hybridized carbons (Fsp3) is 0.286. The molecule has 1 atom stereocenters. The molecule has 0 aliphatic heterocycles. The fourth-order valence-electron chi connectivity index (χ4n) is 1.79. The summed E-state index contributed by atoms with van der Waals surface area (Å²) in [6, 6.07) is 8.10. The fourth-order valence-corrected chi connectivity index (χ4v) is 1.79. The largest absolute Gasteiger partial charge is 0.382 e. The van der Waals surface area contributed by atoms with Gasteiger partial charge in [0.1, 0.15) is 5.82 Å². The lowest BCUT2D eigenvalue weighted by Crippen LogP contribution is -1.99. The van der Waals surface area contributed by atoms with Crippen molar-refractivity contribution in [1.82, 2.24) is 9.97 Å². The van der Waals surface area contributed by atoms with Crippen molar-refractivity contribution in [3.8, 4) is 11.3 Å². The van der Waals surface area contributed by atoms with Gasteiger partial charge in [-0.3, -0.25) is 4.98 Å². The van der Waals surface area contributed by atoms with Gasteiger partial charge in [-0.1, -0.05) is 24.3 Å². The molecule has 0 aliphatic rings. The van der Waals surface area contributed by atoms with E-state index < -0.39 is 0 Å². The third-order valence-corrected chi connectivity index (χ3v) is 2.75. The molecular weight excluding hydrogens is 226 g/mol. The predicted octanol–water partition coefficient (Wildman–Crippen LogP) is 2.82. The van der Waals surface area contributed by atoms with Crippen LogP contribution in [0.3, 0.4) is 0 Å². The quantitative estimate of drug-likeness (QED) is 0.897. The average Bonchev–Trinajstić information content (AvgIpc) is 2.39. The van der Waals surface area contributed by atoms with Crippen molar-refractivity contribution in [2.24, 2.45) is 0 Å². The number of hydrogen-bond donors (Lipinski definition) is 1. The van der Waals surface area contributed by atoms with E-state index in [2.05, 4.69) is 9.97 Å². The lowest BCUT2D eigenvalue weighted by molar-refractivity contribution is 0.0764. The van der Waals surface area contributed by atoms with E-state index in [4.69, 9.17) is 10.5 Å². The van der Waals surface area contributed by atoms with Crippen LogP contribution in [-0.2, 0) is 4.74 Å². The Morgan fingerprint density at radius 2 is 1.94 bits per heavy atom. The van der Waals surface area contributed by atoms with Crippen molar-refractivity contribution in [1.29, 1.82) is 0 Å². The molecule has 0 radical (unpaired) electrons. The first kappa shape index (κ1) is 12.5. The minimum absolute atomic E-state index is 0.107. The van der Waals surface area contributed by atoms with Gasteiger partial charge in [0.05, 0.1) is 24.2 Å². The molecule has 0 spiro atoms. The smallest absolute Gasteiger partial charge is 0.142 e. The van der Waals surface area contributed by atoms with Gasteiger partial charge in [0.2, 0.25) is 0 Å². The minimum Gasteiger partial charge on any atom is -0.382 e. The summed E-state index contributed by atoms with van der Waals surface area (Å²) in [6.45, 7) is 4.75. The number of hydrogen-bond acceptors (Lipinski definition) is 4. The Morgan fingerprint density at radius 3 is 2.56 bits per heavy atom. The summed E-state index contributed by atoms with van der Waals surface area (Å²) in [5, 5.41) is 0. The summed E-state index contributed by atoms with van der Waals surface area (Å²) in [7, 11) is 0. The van der Waals surface area contributed by atoms with Crippen LogP contribution in [0.15, 0.2) is 36.7 Å². The zero-order valence-electron chi connectivity index (χ0n) is 10.6. The third kappa shape index (κ3) is 2.84. The number of nitrogens with two attached hydrogens (primary N) is 1. The molecule has 2 aromatic rings. The van der Waals surface area contributed by atoms with E-state index in [1.165, 1.54) is 6.20 Å². The van der Waals surface area contributed by atoms with Crippen LogP contribution in [0.1, 0.15) is 25.5 Å². The van der Waals surface area contributed by atoms with Crippen molar-refractivity contribution in [3.05, 3.63) is 42.2 Å². The van der Waals surface area contributed by atoms with Crippen LogP contribution >= 0.6 is 0 Å². The molecule has 0 bridgehead atoms. The lowest BCUT2D eigenvalue weighted by atomic mass is 10.1. The Kier molecular flexibility index (Phi) is 3.89.